The van der Waals surface area contributed by atoms with Gasteiger partial charge in [0.2, 0.25) is 5.91 Å². The molecule has 0 radical (unpaired) electrons. The molecule has 200 valence electrons. The first-order valence-electron chi connectivity index (χ1n) is 12.4. The molecule has 0 fully saturated rings. The van der Waals surface area contributed by atoms with Crippen molar-refractivity contribution in [2.75, 3.05) is 12.4 Å². The topological polar surface area (TPSA) is 108 Å². The molecule has 3 aromatic carbocycles. The third-order valence-corrected chi connectivity index (χ3v) is 5.89. The van der Waals surface area contributed by atoms with Crippen LogP contribution in [-0.4, -0.2) is 46.6 Å². The number of anilines is 1. The molecule has 0 heterocycles. The van der Waals surface area contributed by atoms with E-state index >= 15 is 0 Å². The first-order valence-corrected chi connectivity index (χ1v) is 12.4. The van der Waals surface area contributed by atoms with Crippen LogP contribution in [0, 0.1) is 6.92 Å². The molecule has 0 saturated carbocycles. The minimum absolute atomic E-state index is 0.128. The molecule has 0 aliphatic carbocycles. The van der Waals surface area contributed by atoms with E-state index in [4.69, 9.17) is 4.74 Å². The number of hydrogen-bond acceptors (Lipinski definition) is 5. The van der Waals surface area contributed by atoms with Crippen molar-refractivity contribution in [1.29, 1.82) is 0 Å². The van der Waals surface area contributed by atoms with Gasteiger partial charge in [0, 0.05) is 24.7 Å². The molecule has 0 aromatic heterocycles. The second-order valence-electron chi connectivity index (χ2n) is 10.1. The van der Waals surface area contributed by atoms with E-state index in [2.05, 4.69) is 10.6 Å². The van der Waals surface area contributed by atoms with Crippen LogP contribution in [0.25, 0.3) is 0 Å². The predicted molar refractivity (Wildman–Crippen MR) is 147 cm³/mol. The Morgan fingerprint density at radius 2 is 1.53 bits per heavy atom. The fraction of sp³-hybridized carbons (Fsp3) is 0.300. The number of carbonyl (C=O) groups is 3. The number of aryl methyl sites for hydroxylation is 1. The van der Waals surface area contributed by atoms with Gasteiger partial charge in [0.25, 0.3) is 5.91 Å². The summed E-state index contributed by atoms with van der Waals surface area (Å²) >= 11 is 0. The number of ether oxygens (including phenoxy) is 1. The second-order valence-corrected chi connectivity index (χ2v) is 10.1. The second kappa shape index (κ2) is 12.3. The lowest BCUT2D eigenvalue weighted by Gasteiger charge is -2.32. The number of rotatable bonds is 8. The Labute approximate surface area is 223 Å². The maximum Gasteiger partial charge on any atom is 0.408 e. The molecule has 0 aliphatic rings. The molecule has 3 N–H and O–H groups in total. The molecule has 8 nitrogen and oxygen atoms in total. The van der Waals surface area contributed by atoms with E-state index < -0.39 is 35.6 Å². The summed E-state index contributed by atoms with van der Waals surface area (Å²) in [5.41, 5.74) is 1.75. The van der Waals surface area contributed by atoms with Crippen LogP contribution in [0.1, 0.15) is 43.5 Å². The molecule has 0 aliphatic heterocycles. The Morgan fingerprint density at radius 1 is 0.921 bits per heavy atom. The van der Waals surface area contributed by atoms with Gasteiger partial charge in [0.05, 0.1) is 0 Å². The average Bonchev–Trinajstić information content (AvgIpc) is 2.85. The Balaban J connectivity index is 1.96. The van der Waals surface area contributed by atoms with Crippen molar-refractivity contribution in [2.24, 2.45) is 0 Å². The third-order valence-electron chi connectivity index (χ3n) is 5.89. The van der Waals surface area contributed by atoms with E-state index in [1.807, 2.05) is 49.4 Å². The third kappa shape index (κ3) is 7.59. The molecule has 3 amide bonds. The van der Waals surface area contributed by atoms with Crippen LogP contribution in [0.4, 0.5) is 10.5 Å². The first kappa shape index (κ1) is 28.2. The molecule has 0 spiro atoms. The zero-order chi connectivity index (χ0) is 27.9. The standard InChI is InChI=1S/C30H35N3O5/c1-20-13-9-11-17-23(20)31-27(35)26(22-16-10-12-18-25(22)34)33(5)28(36)24(19-21-14-7-6-8-15-21)32-29(37)38-30(2,3)4/h6-18,24,26,34H,19H2,1-5H3,(H,31,35)(H,32,37). The summed E-state index contributed by atoms with van der Waals surface area (Å²) in [6, 6.07) is 20.7. The van der Waals surface area contributed by atoms with Crippen molar-refractivity contribution in [3.63, 3.8) is 0 Å². The number of hydrogen-bond donors (Lipinski definition) is 3. The van der Waals surface area contributed by atoms with Gasteiger partial charge in [-0.05, 0) is 51.0 Å². The van der Waals surface area contributed by atoms with Crippen LogP contribution in [0.5, 0.6) is 5.75 Å². The zero-order valence-electron chi connectivity index (χ0n) is 22.4. The van der Waals surface area contributed by atoms with Gasteiger partial charge in [-0.1, -0.05) is 66.7 Å². The molecule has 38 heavy (non-hydrogen) atoms. The largest absolute Gasteiger partial charge is 0.508 e. The Morgan fingerprint density at radius 3 is 2.16 bits per heavy atom. The summed E-state index contributed by atoms with van der Waals surface area (Å²) in [5.74, 6) is -1.16. The number of aromatic hydroxyl groups is 1. The van der Waals surface area contributed by atoms with Gasteiger partial charge in [0.1, 0.15) is 23.4 Å². The van der Waals surface area contributed by atoms with Crippen LogP contribution < -0.4 is 10.6 Å². The minimum Gasteiger partial charge on any atom is -0.508 e. The lowest BCUT2D eigenvalue weighted by atomic mass is 10.00. The summed E-state index contributed by atoms with van der Waals surface area (Å²) in [7, 11) is 1.48. The number of likely N-dealkylation sites (N-methyl/N-ethyl adjacent to an activating group) is 1. The van der Waals surface area contributed by atoms with Crippen molar-refractivity contribution in [3.8, 4) is 5.75 Å². The fourth-order valence-electron chi connectivity index (χ4n) is 4.03. The number of benzene rings is 3. The summed E-state index contributed by atoms with van der Waals surface area (Å²) in [6.07, 6.45) is -0.570. The summed E-state index contributed by atoms with van der Waals surface area (Å²) in [4.78, 5) is 41.4. The Bertz CT molecular complexity index is 1270. The summed E-state index contributed by atoms with van der Waals surface area (Å²) in [5, 5.41) is 16.2. The highest BCUT2D eigenvalue weighted by atomic mass is 16.6. The fourth-order valence-corrected chi connectivity index (χ4v) is 4.03. The predicted octanol–water partition coefficient (Wildman–Crippen LogP) is 4.97. The van der Waals surface area contributed by atoms with Gasteiger partial charge in [-0.3, -0.25) is 9.59 Å². The van der Waals surface area contributed by atoms with Crippen molar-refractivity contribution in [2.45, 2.75) is 51.8 Å². The number of para-hydroxylation sites is 2. The molecular weight excluding hydrogens is 482 g/mol. The molecule has 8 heteroatoms. The van der Waals surface area contributed by atoms with Crippen LogP contribution in [0.15, 0.2) is 78.9 Å². The first-order chi connectivity index (χ1) is 18.0. The molecule has 2 atom stereocenters. The normalized spacial score (nSPS) is 12.7. The van der Waals surface area contributed by atoms with E-state index in [1.54, 1.807) is 51.1 Å². The number of amides is 3. The van der Waals surface area contributed by atoms with Gasteiger partial charge in [-0.2, -0.15) is 0 Å². The molecule has 0 saturated heterocycles. The molecular formula is C30H35N3O5. The highest BCUT2D eigenvalue weighted by molar-refractivity contribution is 5.99. The number of carbonyl (C=O) groups excluding carboxylic acids is 3. The number of phenolic OH excluding ortho intramolecular Hbond substituents is 1. The monoisotopic (exact) mass is 517 g/mol. The maximum atomic E-state index is 13.9. The highest BCUT2D eigenvalue weighted by Gasteiger charge is 2.35. The lowest BCUT2D eigenvalue weighted by molar-refractivity contribution is -0.139. The smallest absolute Gasteiger partial charge is 0.408 e. The van der Waals surface area contributed by atoms with Gasteiger partial charge in [0.15, 0.2) is 0 Å². The van der Waals surface area contributed by atoms with E-state index in [-0.39, 0.29) is 17.7 Å². The number of nitrogens with one attached hydrogen (secondary N) is 2. The Hall–Kier alpha value is -4.33. The quantitative estimate of drug-likeness (QED) is 0.391. The van der Waals surface area contributed by atoms with E-state index in [1.165, 1.54) is 18.0 Å². The van der Waals surface area contributed by atoms with E-state index in [9.17, 15) is 19.5 Å². The maximum absolute atomic E-state index is 13.9. The molecule has 0 bridgehead atoms. The van der Waals surface area contributed by atoms with Crippen molar-refractivity contribution < 1.29 is 24.2 Å². The van der Waals surface area contributed by atoms with E-state index in [0.717, 1.165) is 11.1 Å². The highest BCUT2D eigenvalue weighted by Crippen LogP contribution is 2.30. The van der Waals surface area contributed by atoms with Gasteiger partial charge < -0.3 is 25.4 Å². The molecule has 3 rings (SSSR count). The van der Waals surface area contributed by atoms with Crippen molar-refractivity contribution >= 4 is 23.6 Å². The lowest BCUT2D eigenvalue weighted by Crippen LogP contribution is -2.52. The SMILES string of the molecule is Cc1ccccc1NC(=O)C(c1ccccc1O)N(C)C(=O)C(Cc1ccccc1)NC(=O)OC(C)(C)C. The summed E-state index contributed by atoms with van der Waals surface area (Å²) < 4.78 is 5.40. The van der Waals surface area contributed by atoms with Crippen LogP contribution in [0.2, 0.25) is 0 Å². The summed E-state index contributed by atoms with van der Waals surface area (Å²) in [6.45, 7) is 7.06. The van der Waals surface area contributed by atoms with Gasteiger partial charge in [-0.25, -0.2) is 4.79 Å². The van der Waals surface area contributed by atoms with Gasteiger partial charge >= 0.3 is 6.09 Å². The molecule has 3 aromatic rings. The number of alkyl carbamates (subject to hydrolysis) is 1. The van der Waals surface area contributed by atoms with Crippen molar-refractivity contribution in [1.82, 2.24) is 10.2 Å². The zero-order valence-corrected chi connectivity index (χ0v) is 22.4. The molecule has 2 unspecified atom stereocenters. The van der Waals surface area contributed by atoms with Crippen LogP contribution in [0.3, 0.4) is 0 Å². The number of nitrogens with zero attached hydrogens (tertiary/aromatic N) is 1. The minimum atomic E-state index is -1.18. The van der Waals surface area contributed by atoms with E-state index in [0.29, 0.717) is 5.69 Å². The van der Waals surface area contributed by atoms with Crippen LogP contribution in [-0.2, 0) is 20.7 Å². The number of phenols is 1. The average molecular weight is 518 g/mol. The van der Waals surface area contributed by atoms with Gasteiger partial charge in [-0.15, -0.1) is 0 Å². The Kier molecular flexibility index (Phi) is 9.12. The van der Waals surface area contributed by atoms with Crippen molar-refractivity contribution in [3.05, 3.63) is 95.6 Å². The van der Waals surface area contributed by atoms with Crippen LogP contribution >= 0.6 is 0 Å².